The van der Waals surface area contributed by atoms with E-state index in [4.69, 9.17) is 0 Å². The average Bonchev–Trinajstić information content (AvgIpc) is 2.66. The molecule has 1 amide bonds. The molecule has 0 saturated carbocycles. The van der Waals surface area contributed by atoms with Crippen molar-refractivity contribution in [3.05, 3.63) is 66.4 Å². The van der Waals surface area contributed by atoms with Gasteiger partial charge in [-0.15, -0.1) is 0 Å². The van der Waals surface area contributed by atoms with Gasteiger partial charge in [-0.05, 0) is 69.2 Å². The van der Waals surface area contributed by atoms with Crippen LogP contribution in [-0.4, -0.2) is 24.3 Å². The van der Waals surface area contributed by atoms with Gasteiger partial charge in [0.15, 0.2) is 0 Å². The van der Waals surface area contributed by atoms with Gasteiger partial charge < -0.3 is 10.2 Å². The topological polar surface area (TPSA) is 44.7 Å². The van der Waals surface area contributed by atoms with Gasteiger partial charge in [-0.25, -0.2) is 0 Å². The van der Waals surface area contributed by atoms with E-state index in [1.807, 2.05) is 20.8 Å². The van der Waals surface area contributed by atoms with Crippen LogP contribution in [-0.2, 0) is 6.18 Å². The third-order valence-electron chi connectivity index (χ3n) is 4.35. The first-order valence-electron chi connectivity index (χ1n) is 9.36. The van der Waals surface area contributed by atoms with E-state index in [0.29, 0.717) is 28.2 Å². The number of alkyl halides is 3. The number of hydrogen-bond acceptors (Lipinski definition) is 2. The van der Waals surface area contributed by atoms with Gasteiger partial charge in [0.2, 0.25) is 0 Å². The summed E-state index contributed by atoms with van der Waals surface area (Å²) in [6, 6.07) is 9.99. The Hall–Kier alpha value is -3.09. The summed E-state index contributed by atoms with van der Waals surface area (Å²) in [5, 5.41) is 2.91. The molecule has 30 heavy (non-hydrogen) atoms. The van der Waals surface area contributed by atoms with Crippen molar-refractivity contribution in [2.75, 3.05) is 11.9 Å². The molecular weight excluding hydrogens is 391 g/mol. The van der Waals surface area contributed by atoms with Crippen LogP contribution >= 0.6 is 0 Å². The van der Waals surface area contributed by atoms with Crippen LogP contribution in [0.5, 0.6) is 0 Å². The molecular formula is C23H26F3N3O. The Balaban J connectivity index is 2.61. The minimum atomic E-state index is -4.41. The fourth-order valence-corrected chi connectivity index (χ4v) is 2.84. The SMILES string of the molecule is C=CN(C(C)=NC)c1cc(C(=O)NC(C)(C)C)cc(-c2ccc(C(F)(F)F)cc2)c1. The van der Waals surface area contributed by atoms with Crippen LogP contribution in [0.3, 0.4) is 0 Å². The van der Waals surface area contributed by atoms with Crippen LogP contribution in [0.2, 0.25) is 0 Å². The Bertz CT molecular complexity index is 955. The van der Waals surface area contributed by atoms with Gasteiger partial charge in [0.1, 0.15) is 5.84 Å². The molecule has 2 rings (SSSR count). The molecule has 160 valence electrons. The minimum absolute atomic E-state index is 0.285. The van der Waals surface area contributed by atoms with Crippen molar-refractivity contribution in [2.24, 2.45) is 4.99 Å². The number of nitrogens with zero attached hydrogens (tertiary/aromatic N) is 2. The summed E-state index contributed by atoms with van der Waals surface area (Å²) in [5.74, 6) is 0.365. The Morgan fingerprint density at radius 2 is 1.67 bits per heavy atom. The molecule has 0 spiro atoms. The number of rotatable bonds is 4. The highest BCUT2D eigenvalue weighted by atomic mass is 19.4. The molecule has 0 unspecified atom stereocenters. The molecule has 0 aliphatic carbocycles. The smallest absolute Gasteiger partial charge is 0.347 e. The lowest BCUT2D eigenvalue weighted by atomic mass is 9.99. The summed E-state index contributed by atoms with van der Waals surface area (Å²) in [4.78, 5) is 18.7. The van der Waals surface area contributed by atoms with Crippen molar-refractivity contribution in [3.8, 4) is 11.1 Å². The van der Waals surface area contributed by atoms with Crippen molar-refractivity contribution in [3.63, 3.8) is 0 Å². The Morgan fingerprint density at radius 1 is 1.07 bits per heavy atom. The maximum atomic E-state index is 12.9. The van der Waals surface area contributed by atoms with Crippen LogP contribution in [0.15, 0.2) is 60.2 Å². The van der Waals surface area contributed by atoms with Crippen LogP contribution < -0.4 is 10.2 Å². The quantitative estimate of drug-likeness (QED) is 0.497. The highest BCUT2D eigenvalue weighted by Gasteiger charge is 2.30. The van der Waals surface area contributed by atoms with E-state index in [-0.39, 0.29) is 5.91 Å². The number of aliphatic imine (C=N–C) groups is 1. The Morgan fingerprint density at radius 3 is 2.13 bits per heavy atom. The van der Waals surface area contributed by atoms with Crippen LogP contribution in [0.4, 0.5) is 18.9 Å². The highest BCUT2D eigenvalue weighted by molar-refractivity contribution is 6.01. The molecule has 2 aromatic carbocycles. The van der Waals surface area contributed by atoms with Crippen molar-refractivity contribution in [1.82, 2.24) is 5.32 Å². The number of carbonyl (C=O) groups excluding carboxylic acids is 1. The van der Waals surface area contributed by atoms with E-state index in [1.165, 1.54) is 12.1 Å². The standard InChI is InChI=1S/C23H26F3N3O/c1-7-29(15(2)27-6)20-13-17(12-18(14-20)21(30)28-22(3,4)5)16-8-10-19(11-9-16)23(24,25)26/h7-14H,1H2,2-6H3,(H,28,30). The average molecular weight is 417 g/mol. The van der Waals surface area contributed by atoms with Gasteiger partial charge in [-0.3, -0.25) is 9.79 Å². The molecule has 0 aromatic heterocycles. The second-order valence-electron chi connectivity index (χ2n) is 7.87. The summed E-state index contributed by atoms with van der Waals surface area (Å²) in [6.07, 6.45) is -2.84. The van der Waals surface area contributed by atoms with Crippen LogP contribution in [0.1, 0.15) is 43.6 Å². The van der Waals surface area contributed by atoms with E-state index in [2.05, 4.69) is 16.9 Å². The van der Waals surface area contributed by atoms with E-state index < -0.39 is 17.3 Å². The largest absolute Gasteiger partial charge is 0.416 e. The zero-order valence-electron chi connectivity index (χ0n) is 17.8. The number of halogens is 3. The number of anilines is 1. The van der Waals surface area contributed by atoms with Crippen molar-refractivity contribution >= 4 is 17.4 Å². The normalized spacial score (nSPS) is 12.5. The lowest BCUT2D eigenvalue weighted by molar-refractivity contribution is -0.137. The molecule has 7 heteroatoms. The van der Waals surface area contributed by atoms with Crippen molar-refractivity contribution in [2.45, 2.75) is 39.4 Å². The molecule has 0 aliphatic rings. The molecule has 1 N–H and O–H groups in total. The molecule has 0 fully saturated rings. The van der Waals surface area contributed by atoms with Crippen molar-refractivity contribution < 1.29 is 18.0 Å². The monoisotopic (exact) mass is 417 g/mol. The maximum Gasteiger partial charge on any atom is 0.416 e. The molecule has 0 bridgehead atoms. The van der Waals surface area contributed by atoms with E-state index in [0.717, 1.165) is 12.1 Å². The van der Waals surface area contributed by atoms with Crippen molar-refractivity contribution in [1.29, 1.82) is 0 Å². The van der Waals surface area contributed by atoms with Gasteiger partial charge in [0.05, 0.1) is 5.56 Å². The summed E-state index contributed by atoms with van der Waals surface area (Å²) in [7, 11) is 1.64. The van der Waals surface area contributed by atoms with Crippen LogP contribution in [0.25, 0.3) is 11.1 Å². The van der Waals surface area contributed by atoms with Gasteiger partial charge in [-0.2, -0.15) is 13.2 Å². The first-order valence-corrected chi connectivity index (χ1v) is 9.36. The Kier molecular flexibility index (Phi) is 6.75. The molecule has 4 nitrogen and oxygen atoms in total. The molecule has 0 aliphatic heterocycles. The number of hydrogen-bond donors (Lipinski definition) is 1. The van der Waals surface area contributed by atoms with Gasteiger partial charge in [0, 0.05) is 30.0 Å². The molecule has 0 atom stereocenters. The summed E-state index contributed by atoms with van der Waals surface area (Å²) >= 11 is 0. The second-order valence-corrected chi connectivity index (χ2v) is 7.87. The number of carbonyl (C=O) groups is 1. The van der Waals surface area contributed by atoms with Crippen LogP contribution in [0, 0.1) is 0 Å². The van der Waals surface area contributed by atoms with E-state index >= 15 is 0 Å². The van der Waals surface area contributed by atoms with Gasteiger partial charge in [-0.1, -0.05) is 18.7 Å². The van der Waals surface area contributed by atoms with E-state index in [1.54, 1.807) is 43.3 Å². The predicted octanol–water partition coefficient (Wildman–Crippen LogP) is 5.90. The number of amidine groups is 1. The lowest BCUT2D eigenvalue weighted by Crippen LogP contribution is -2.40. The fourth-order valence-electron chi connectivity index (χ4n) is 2.84. The first-order chi connectivity index (χ1) is 13.9. The van der Waals surface area contributed by atoms with Gasteiger partial charge in [0.25, 0.3) is 5.91 Å². The summed E-state index contributed by atoms with van der Waals surface area (Å²) in [5.41, 5.74) is 1.01. The number of benzene rings is 2. The lowest BCUT2D eigenvalue weighted by Gasteiger charge is -2.23. The Labute approximate surface area is 175 Å². The summed E-state index contributed by atoms with van der Waals surface area (Å²) in [6.45, 7) is 11.2. The third-order valence-corrected chi connectivity index (χ3v) is 4.35. The van der Waals surface area contributed by atoms with Gasteiger partial charge >= 0.3 is 6.18 Å². The third kappa shape index (κ3) is 5.72. The van der Waals surface area contributed by atoms with E-state index in [9.17, 15) is 18.0 Å². The maximum absolute atomic E-state index is 12.9. The molecule has 0 saturated heterocycles. The fraction of sp³-hybridized carbons (Fsp3) is 0.304. The molecule has 0 heterocycles. The number of amides is 1. The highest BCUT2D eigenvalue weighted by Crippen LogP contribution is 2.32. The summed E-state index contributed by atoms with van der Waals surface area (Å²) < 4.78 is 38.7. The first kappa shape index (κ1) is 23.2. The zero-order valence-corrected chi connectivity index (χ0v) is 17.8. The molecule has 0 radical (unpaired) electrons. The predicted molar refractivity (Wildman–Crippen MR) is 116 cm³/mol. The zero-order chi connectivity index (χ0) is 22.7. The second kappa shape index (κ2) is 8.73. The number of nitrogens with one attached hydrogen (secondary N) is 1. The molecule has 2 aromatic rings. The minimum Gasteiger partial charge on any atom is -0.347 e.